The third-order valence-electron chi connectivity index (χ3n) is 2.78. The van der Waals surface area contributed by atoms with Crippen molar-refractivity contribution >= 4 is 19.2 Å². The second kappa shape index (κ2) is 7.96. The van der Waals surface area contributed by atoms with Crippen molar-refractivity contribution in [1.29, 1.82) is 0 Å². The Balaban J connectivity index is 2.25. The van der Waals surface area contributed by atoms with Crippen LogP contribution in [0.15, 0.2) is 41.6 Å². The molecule has 0 aromatic carbocycles. The van der Waals surface area contributed by atoms with Gasteiger partial charge in [-0.05, 0) is 0 Å². The molecule has 0 bridgehead atoms. The Labute approximate surface area is 105 Å². The van der Waals surface area contributed by atoms with Crippen LogP contribution in [0.1, 0.15) is 26.2 Å². The fraction of sp³-hybridized carbons (Fsp3) is 0.429. The SMILES string of the molecule is [B]=C/C=C\N=C(C)CCC[C@H]1C=CC=C[C@H]1O. The summed E-state index contributed by atoms with van der Waals surface area (Å²) >= 11 is 0. The van der Waals surface area contributed by atoms with E-state index < -0.39 is 0 Å². The summed E-state index contributed by atoms with van der Waals surface area (Å²) in [5, 5.41) is 9.71. The van der Waals surface area contributed by atoms with Gasteiger partial charge in [0, 0.05) is 0 Å². The van der Waals surface area contributed by atoms with Gasteiger partial charge >= 0.3 is 104 Å². The van der Waals surface area contributed by atoms with E-state index in [2.05, 4.69) is 11.1 Å². The Morgan fingerprint density at radius 3 is 2.88 bits per heavy atom. The first-order valence-corrected chi connectivity index (χ1v) is 6.00. The van der Waals surface area contributed by atoms with Gasteiger partial charge in [-0.2, -0.15) is 0 Å². The summed E-state index contributed by atoms with van der Waals surface area (Å²) in [5.41, 5.74) is 1.09. The van der Waals surface area contributed by atoms with Crippen LogP contribution < -0.4 is 0 Å². The molecule has 0 aliphatic heterocycles. The Morgan fingerprint density at radius 2 is 2.18 bits per heavy atom. The first-order valence-electron chi connectivity index (χ1n) is 6.00. The number of hydrogen-bond donors (Lipinski definition) is 1. The summed E-state index contributed by atoms with van der Waals surface area (Å²) in [5.74, 6) is 1.72. The molecule has 0 saturated heterocycles. The van der Waals surface area contributed by atoms with Gasteiger partial charge in [-0.25, -0.2) is 0 Å². The second-order valence-electron chi connectivity index (χ2n) is 4.21. The molecule has 1 aliphatic rings. The summed E-state index contributed by atoms with van der Waals surface area (Å²) in [7, 11) is 5.20. The van der Waals surface area contributed by atoms with Crippen LogP contribution in [0.4, 0.5) is 0 Å². The molecular weight excluding hydrogens is 209 g/mol. The third-order valence-corrected chi connectivity index (χ3v) is 2.78. The zero-order chi connectivity index (χ0) is 12.5. The van der Waals surface area contributed by atoms with Crippen molar-refractivity contribution in [2.45, 2.75) is 32.3 Å². The zero-order valence-corrected chi connectivity index (χ0v) is 10.3. The molecule has 1 rings (SSSR count). The third kappa shape index (κ3) is 5.59. The predicted octanol–water partition coefficient (Wildman–Crippen LogP) is 2.21. The minimum atomic E-state index is -0.330. The monoisotopic (exact) mass is 228 g/mol. The van der Waals surface area contributed by atoms with Crippen molar-refractivity contribution in [2.24, 2.45) is 10.9 Å². The van der Waals surface area contributed by atoms with E-state index in [1.54, 1.807) is 12.3 Å². The molecule has 0 saturated carbocycles. The average Bonchev–Trinajstić information content (AvgIpc) is 2.32. The van der Waals surface area contributed by atoms with Gasteiger partial charge in [0.1, 0.15) is 0 Å². The number of aliphatic hydroxyl groups is 1. The van der Waals surface area contributed by atoms with Crippen molar-refractivity contribution in [1.82, 2.24) is 0 Å². The van der Waals surface area contributed by atoms with E-state index in [-0.39, 0.29) is 12.0 Å². The van der Waals surface area contributed by atoms with E-state index in [0.29, 0.717) is 0 Å². The topological polar surface area (TPSA) is 32.6 Å². The Hall–Kier alpha value is -1.22. The van der Waals surface area contributed by atoms with Crippen molar-refractivity contribution in [3.63, 3.8) is 0 Å². The standard InChI is InChI=1S/C14H19BNO/c1-12(16-11-5-10-15)6-4-8-13-7-2-3-9-14(13)17/h2-3,5,7,9-11,13-14,17H,4,6,8H2,1H3/b11-5-,16-12?/t13-,14-/m1/s1. The quantitative estimate of drug-likeness (QED) is 0.548. The summed E-state index contributed by atoms with van der Waals surface area (Å²) in [6, 6.07) is 0. The normalized spacial score (nSPS) is 24.4. The molecule has 1 radical (unpaired) electrons. The van der Waals surface area contributed by atoms with Gasteiger partial charge in [0.15, 0.2) is 0 Å². The first kappa shape index (κ1) is 13.8. The van der Waals surface area contributed by atoms with Crippen molar-refractivity contribution in [3.8, 4) is 0 Å². The number of rotatable bonds is 6. The molecule has 0 amide bonds. The molecule has 0 heterocycles. The summed E-state index contributed by atoms with van der Waals surface area (Å²) < 4.78 is 0. The maximum absolute atomic E-state index is 9.71. The van der Waals surface area contributed by atoms with Gasteiger partial charge in [-0.1, -0.05) is 0 Å². The molecule has 1 N–H and O–H groups in total. The van der Waals surface area contributed by atoms with Gasteiger partial charge in [-0.3, -0.25) is 0 Å². The predicted molar refractivity (Wildman–Crippen MR) is 75.7 cm³/mol. The molecule has 2 atom stereocenters. The summed E-state index contributed by atoms with van der Waals surface area (Å²) in [6.07, 6.45) is 13.9. The molecule has 0 fully saturated rings. The van der Waals surface area contributed by atoms with Crippen LogP contribution in [0, 0.1) is 5.92 Å². The van der Waals surface area contributed by atoms with Crippen molar-refractivity contribution in [3.05, 3.63) is 36.6 Å². The van der Waals surface area contributed by atoms with Crippen LogP contribution in [-0.2, 0) is 0 Å². The van der Waals surface area contributed by atoms with E-state index >= 15 is 0 Å². The molecule has 0 aromatic heterocycles. The molecule has 0 spiro atoms. The number of hydrogen-bond acceptors (Lipinski definition) is 2. The number of allylic oxidation sites excluding steroid dienone is 3. The fourth-order valence-corrected chi connectivity index (χ4v) is 1.79. The Bertz CT molecular complexity index is 355. The van der Waals surface area contributed by atoms with Gasteiger partial charge < -0.3 is 0 Å². The van der Waals surface area contributed by atoms with E-state index in [1.165, 1.54) is 5.97 Å². The molecule has 0 unspecified atom stereocenters. The van der Waals surface area contributed by atoms with Gasteiger partial charge in [0.25, 0.3) is 0 Å². The van der Waals surface area contributed by atoms with Crippen LogP contribution in [0.25, 0.3) is 0 Å². The molecule has 89 valence electrons. The fourth-order valence-electron chi connectivity index (χ4n) is 1.79. The van der Waals surface area contributed by atoms with Gasteiger partial charge in [-0.15, -0.1) is 0 Å². The first-order chi connectivity index (χ1) is 8.24. The Morgan fingerprint density at radius 1 is 1.41 bits per heavy atom. The molecule has 2 nitrogen and oxygen atoms in total. The van der Waals surface area contributed by atoms with E-state index in [9.17, 15) is 5.11 Å². The number of aliphatic imine (C=N–C) groups is 1. The van der Waals surface area contributed by atoms with E-state index in [1.807, 2.05) is 25.2 Å². The molecule has 0 aromatic rings. The van der Waals surface area contributed by atoms with Crippen LogP contribution >= 0.6 is 0 Å². The van der Waals surface area contributed by atoms with Crippen molar-refractivity contribution < 1.29 is 5.11 Å². The second-order valence-corrected chi connectivity index (χ2v) is 4.21. The van der Waals surface area contributed by atoms with Gasteiger partial charge in [0.2, 0.25) is 0 Å². The van der Waals surface area contributed by atoms with E-state index in [0.717, 1.165) is 25.0 Å². The van der Waals surface area contributed by atoms with Crippen LogP contribution in [0.2, 0.25) is 0 Å². The number of nitrogens with zero attached hydrogens (tertiary/aromatic N) is 1. The number of aliphatic hydroxyl groups excluding tert-OH is 1. The summed E-state index contributed by atoms with van der Waals surface area (Å²) in [6.45, 7) is 2.01. The van der Waals surface area contributed by atoms with Crippen LogP contribution in [0.3, 0.4) is 0 Å². The Kier molecular flexibility index (Phi) is 6.49. The molecule has 17 heavy (non-hydrogen) atoms. The van der Waals surface area contributed by atoms with Crippen molar-refractivity contribution in [2.75, 3.05) is 0 Å². The zero-order valence-electron chi connectivity index (χ0n) is 10.3. The van der Waals surface area contributed by atoms with Crippen LogP contribution in [0.5, 0.6) is 0 Å². The average molecular weight is 228 g/mol. The molecule has 1 aliphatic carbocycles. The molecular formula is C14H19BNO. The summed E-state index contributed by atoms with van der Waals surface area (Å²) in [4.78, 5) is 4.25. The van der Waals surface area contributed by atoms with Crippen LogP contribution in [-0.4, -0.2) is 30.4 Å². The maximum atomic E-state index is 9.71. The van der Waals surface area contributed by atoms with Gasteiger partial charge in [0.05, 0.1) is 0 Å². The minimum absolute atomic E-state index is 0.251. The van der Waals surface area contributed by atoms with E-state index in [4.69, 9.17) is 7.49 Å². The molecule has 3 heteroatoms.